The Morgan fingerprint density at radius 2 is 0.649 bits per heavy atom. The van der Waals surface area contributed by atoms with Gasteiger partial charge < -0.3 is 13.7 Å². The van der Waals surface area contributed by atoms with Crippen LogP contribution in [0.5, 0.6) is 0 Å². The molecular formula is C71H44N6. The minimum atomic E-state index is 0.551. The average Bonchev–Trinajstić information content (AvgIpc) is 4.21. The zero-order chi connectivity index (χ0) is 51.0. The monoisotopic (exact) mass is 980 g/mol. The largest absolute Gasteiger partial charge is 0.309 e. The molecule has 15 aromatic rings. The molecule has 0 aliphatic heterocycles. The summed E-state index contributed by atoms with van der Waals surface area (Å²) in [5.74, 6) is 0.615. The predicted molar refractivity (Wildman–Crippen MR) is 317 cm³/mol. The topological polar surface area (TPSA) is 64.4 Å². The fourth-order valence-electron chi connectivity index (χ4n) is 11.7. The Morgan fingerprint density at radius 1 is 0.273 bits per heavy atom. The Hall–Kier alpha value is -10.6. The molecule has 11 aromatic carbocycles. The predicted octanol–water partition coefficient (Wildman–Crippen LogP) is 18.0. The normalized spacial score (nSPS) is 11.6. The van der Waals surface area contributed by atoms with E-state index >= 15 is 0 Å². The fraction of sp³-hybridized carbons (Fsp3) is 0. The maximum Gasteiger partial charge on any atom is 0.160 e. The van der Waals surface area contributed by atoms with Crippen LogP contribution >= 0.6 is 0 Å². The van der Waals surface area contributed by atoms with E-state index in [4.69, 9.17) is 9.97 Å². The van der Waals surface area contributed by atoms with Crippen molar-refractivity contribution in [3.63, 3.8) is 0 Å². The molecule has 6 heteroatoms. The lowest BCUT2D eigenvalue weighted by Gasteiger charge is -2.12. The molecule has 0 saturated heterocycles. The van der Waals surface area contributed by atoms with Gasteiger partial charge in [-0.05, 0) is 107 Å². The van der Waals surface area contributed by atoms with Crippen molar-refractivity contribution < 1.29 is 0 Å². The third kappa shape index (κ3) is 7.25. The summed E-state index contributed by atoms with van der Waals surface area (Å²) in [6.07, 6.45) is 0. The van der Waals surface area contributed by atoms with Crippen LogP contribution in [0.4, 0.5) is 0 Å². The Balaban J connectivity index is 0.801. The molecule has 4 heterocycles. The Labute approximate surface area is 443 Å². The first-order valence-electron chi connectivity index (χ1n) is 25.9. The molecule has 0 atom stereocenters. The van der Waals surface area contributed by atoms with Gasteiger partial charge in [-0.2, -0.15) is 5.26 Å². The van der Waals surface area contributed by atoms with E-state index in [9.17, 15) is 5.26 Å². The number of para-hydroxylation sites is 4. The summed E-state index contributed by atoms with van der Waals surface area (Å²) in [7, 11) is 0. The van der Waals surface area contributed by atoms with E-state index in [0.29, 0.717) is 17.1 Å². The third-order valence-corrected chi connectivity index (χ3v) is 15.3. The molecule has 0 unspecified atom stereocenters. The highest BCUT2D eigenvalue weighted by Crippen LogP contribution is 2.40. The van der Waals surface area contributed by atoms with Crippen LogP contribution in [0, 0.1) is 11.3 Å². The first kappa shape index (κ1) is 43.9. The van der Waals surface area contributed by atoms with Gasteiger partial charge in [0, 0.05) is 66.1 Å². The highest BCUT2D eigenvalue weighted by Gasteiger charge is 2.20. The Bertz CT molecular complexity index is 4510. The summed E-state index contributed by atoms with van der Waals surface area (Å²) < 4.78 is 7.22. The first-order valence-corrected chi connectivity index (χ1v) is 25.9. The van der Waals surface area contributed by atoms with Crippen LogP contribution in [0.1, 0.15) is 5.56 Å². The maximum atomic E-state index is 10.6. The number of hydrogen-bond donors (Lipinski definition) is 0. The van der Waals surface area contributed by atoms with Crippen LogP contribution in [0.3, 0.4) is 0 Å². The zero-order valence-corrected chi connectivity index (χ0v) is 41.6. The number of nitrogens with zero attached hydrogens (tertiary/aromatic N) is 6. The minimum absolute atomic E-state index is 0.551. The second-order valence-electron chi connectivity index (χ2n) is 19.7. The lowest BCUT2D eigenvalue weighted by atomic mass is 9.95. The number of benzene rings is 11. The van der Waals surface area contributed by atoms with Crippen molar-refractivity contribution in [3.8, 4) is 79.3 Å². The molecule has 0 fully saturated rings. The maximum absolute atomic E-state index is 10.6. The lowest BCUT2D eigenvalue weighted by molar-refractivity contribution is 1.16. The van der Waals surface area contributed by atoms with Gasteiger partial charge >= 0.3 is 0 Å². The molecule has 6 nitrogen and oxygen atoms in total. The van der Waals surface area contributed by atoms with Gasteiger partial charge in [-0.3, -0.25) is 0 Å². The van der Waals surface area contributed by atoms with Crippen molar-refractivity contribution in [3.05, 3.63) is 272 Å². The van der Waals surface area contributed by atoms with Crippen LogP contribution in [0.2, 0.25) is 0 Å². The summed E-state index contributed by atoms with van der Waals surface area (Å²) in [5.41, 5.74) is 19.3. The second-order valence-corrected chi connectivity index (χ2v) is 19.7. The van der Waals surface area contributed by atoms with E-state index in [2.05, 4.69) is 208 Å². The van der Waals surface area contributed by atoms with Crippen LogP contribution in [0.25, 0.3) is 139 Å². The van der Waals surface area contributed by atoms with E-state index in [-0.39, 0.29) is 0 Å². The molecule has 0 aliphatic carbocycles. The van der Waals surface area contributed by atoms with Gasteiger partial charge in [0.25, 0.3) is 0 Å². The van der Waals surface area contributed by atoms with E-state index in [1.165, 1.54) is 54.4 Å². The summed E-state index contributed by atoms with van der Waals surface area (Å²) in [6.45, 7) is 0. The molecule has 0 saturated carbocycles. The van der Waals surface area contributed by atoms with Gasteiger partial charge in [-0.25, -0.2) is 9.97 Å². The van der Waals surface area contributed by atoms with Gasteiger partial charge in [0.05, 0.1) is 56.1 Å². The molecule has 358 valence electrons. The highest BCUT2D eigenvalue weighted by molar-refractivity contribution is 6.14. The molecule has 0 radical (unpaired) electrons. The van der Waals surface area contributed by atoms with Crippen LogP contribution in [-0.4, -0.2) is 23.7 Å². The van der Waals surface area contributed by atoms with Crippen LogP contribution in [-0.2, 0) is 0 Å². The molecule has 77 heavy (non-hydrogen) atoms. The summed E-state index contributed by atoms with van der Waals surface area (Å²) >= 11 is 0. The van der Waals surface area contributed by atoms with Crippen molar-refractivity contribution in [2.24, 2.45) is 0 Å². The summed E-state index contributed by atoms with van der Waals surface area (Å²) in [6, 6.07) is 96.9. The average molecular weight is 981 g/mol. The number of nitriles is 1. The second kappa shape index (κ2) is 17.8. The standard InChI is InChI=1S/C71H44N6/c72-45-52-41-51(33-38-56(52)64-44-63(49-15-3-1-4-16-49)73-71(74-64)50-17-5-2-6-18-50)48-29-27-46(28-30-48)47-31-34-53(35-32-47)75-69-39-36-54(76-65-23-11-7-19-57(65)58-20-8-12-24-66(58)76)42-61(69)62-43-55(37-40-70(62)75)77-67-25-13-9-21-59(67)60-22-10-14-26-68(60)77/h1-44H. The van der Waals surface area contributed by atoms with Gasteiger partial charge in [0.2, 0.25) is 0 Å². The Kier molecular flexibility index (Phi) is 10.2. The van der Waals surface area contributed by atoms with E-state index in [1.54, 1.807) is 0 Å². The molecule has 4 aromatic heterocycles. The Morgan fingerprint density at radius 3 is 1.14 bits per heavy atom. The minimum Gasteiger partial charge on any atom is -0.309 e. The van der Waals surface area contributed by atoms with Gasteiger partial charge in [-0.15, -0.1) is 0 Å². The third-order valence-electron chi connectivity index (χ3n) is 15.3. The smallest absolute Gasteiger partial charge is 0.160 e. The number of hydrogen-bond acceptors (Lipinski definition) is 3. The van der Waals surface area contributed by atoms with E-state index in [1.807, 2.05) is 78.9 Å². The summed E-state index contributed by atoms with van der Waals surface area (Å²) in [4.78, 5) is 9.95. The molecule has 0 amide bonds. The van der Waals surface area contributed by atoms with Crippen molar-refractivity contribution in [1.82, 2.24) is 23.7 Å². The van der Waals surface area contributed by atoms with Gasteiger partial charge in [0.1, 0.15) is 0 Å². The number of fused-ring (bicyclic) bond motifs is 9. The molecule has 0 spiro atoms. The lowest BCUT2D eigenvalue weighted by Crippen LogP contribution is -1.97. The van der Waals surface area contributed by atoms with Crippen molar-refractivity contribution in [2.75, 3.05) is 0 Å². The van der Waals surface area contributed by atoms with Crippen molar-refractivity contribution >= 4 is 65.4 Å². The first-order chi connectivity index (χ1) is 38.1. The van der Waals surface area contributed by atoms with Crippen LogP contribution in [0.15, 0.2) is 267 Å². The molecule has 0 N–H and O–H groups in total. The SMILES string of the molecule is N#Cc1cc(-c2ccc(-c3ccc(-n4c5ccc(-n6c7ccccc7c7ccccc76)cc5c5cc(-n6c7ccccc7c7ccccc76)ccc54)cc3)cc2)ccc1-c1cc(-c2ccccc2)nc(-c2ccccc2)n1. The molecule has 15 rings (SSSR count). The van der Waals surface area contributed by atoms with Gasteiger partial charge in [-0.1, -0.05) is 182 Å². The van der Waals surface area contributed by atoms with Gasteiger partial charge in [0.15, 0.2) is 5.82 Å². The van der Waals surface area contributed by atoms with Crippen LogP contribution < -0.4 is 0 Å². The van der Waals surface area contributed by atoms with E-state index < -0.39 is 0 Å². The number of rotatable bonds is 8. The van der Waals surface area contributed by atoms with Crippen molar-refractivity contribution in [2.45, 2.75) is 0 Å². The number of aromatic nitrogens is 5. The summed E-state index contributed by atoms with van der Waals surface area (Å²) in [5, 5.41) is 17.9. The molecule has 0 bridgehead atoms. The zero-order valence-electron chi connectivity index (χ0n) is 41.6. The quantitative estimate of drug-likeness (QED) is 0.152. The molecule has 0 aliphatic rings. The molecular weight excluding hydrogens is 937 g/mol. The van der Waals surface area contributed by atoms with Crippen molar-refractivity contribution in [1.29, 1.82) is 5.26 Å². The highest BCUT2D eigenvalue weighted by atomic mass is 15.0. The van der Waals surface area contributed by atoms with E-state index in [0.717, 1.165) is 72.7 Å². The fourth-order valence-corrected chi connectivity index (χ4v) is 11.7.